The molecule has 4 aromatic rings. The lowest BCUT2D eigenvalue weighted by Crippen LogP contribution is -2.34. The normalized spacial score (nSPS) is 12.4. The number of nitrogens with zero attached hydrogens (tertiary/aromatic N) is 2. The summed E-state index contributed by atoms with van der Waals surface area (Å²) in [7, 11) is 0. The van der Waals surface area contributed by atoms with Crippen LogP contribution >= 0.6 is 11.6 Å². The molecule has 5 rings (SSSR count). The summed E-state index contributed by atoms with van der Waals surface area (Å²) < 4.78 is 7.77. The number of fused-ring (bicyclic) bond motifs is 2. The second-order valence-corrected chi connectivity index (χ2v) is 8.99. The van der Waals surface area contributed by atoms with Crippen molar-refractivity contribution in [2.24, 2.45) is 0 Å². The molecule has 0 saturated carbocycles. The second-order valence-electron chi connectivity index (χ2n) is 8.56. The molecule has 1 aliphatic rings. The van der Waals surface area contributed by atoms with Gasteiger partial charge in [-0.15, -0.1) is 0 Å². The van der Waals surface area contributed by atoms with Gasteiger partial charge in [-0.2, -0.15) is 0 Å². The molecule has 0 unspecified atom stereocenters. The van der Waals surface area contributed by atoms with Crippen LogP contribution in [0.1, 0.15) is 33.7 Å². The van der Waals surface area contributed by atoms with Crippen molar-refractivity contribution in [1.82, 2.24) is 4.57 Å². The zero-order valence-corrected chi connectivity index (χ0v) is 19.9. The average molecular weight is 485 g/mol. The van der Waals surface area contributed by atoms with Crippen molar-refractivity contribution in [3.63, 3.8) is 0 Å². The van der Waals surface area contributed by atoms with Crippen LogP contribution in [-0.2, 0) is 24.3 Å². The molecule has 5 nitrogen and oxygen atoms in total. The van der Waals surface area contributed by atoms with Crippen molar-refractivity contribution in [1.29, 1.82) is 0 Å². The van der Waals surface area contributed by atoms with Crippen LogP contribution in [0, 0.1) is 0 Å². The third-order valence-corrected chi connectivity index (χ3v) is 6.50. The molecule has 0 saturated heterocycles. The SMILES string of the molecule is O=C(CCc1ccccc1)c1ccc2n1Cc1ccccc1N(C(=O)COc1ccc(Cl)cc1)C2. The highest BCUT2D eigenvalue weighted by Gasteiger charge is 2.26. The Kier molecular flexibility index (Phi) is 6.68. The Bertz CT molecular complexity index is 1350. The van der Waals surface area contributed by atoms with Crippen LogP contribution in [0.3, 0.4) is 0 Å². The molecule has 0 spiro atoms. The van der Waals surface area contributed by atoms with Crippen LogP contribution < -0.4 is 9.64 Å². The quantitative estimate of drug-likeness (QED) is 0.305. The molecule has 0 radical (unpaired) electrons. The lowest BCUT2D eigenvalue weighted by atomic mass is 10.1. The van der Waals surface area contributed by atoms with E-state index in [9.17, 15) is 9.59 Å². The van der Waals surface area contributed by atoms with Crippen molar-refractivity contribution in [3.05, 3.63) is 119 Å². The van der Waals surface area contributed by atoms with Gasteiger partial charge in [0.25, 0.3) is 5.91 Å². The van der Waals surface area contributed by atoms with Gasteiger partial charge in [-0.25, -0.2) is 0 Å². The number of carbonyl (C=O) groups is 2. The van der Waals surface area contributed by atoms with E-state index in [-0.39, 0.29) is 18.3 Å². The van der Waals surface area contributed by atoms with Crippen molar-refractivity contribution >= 4 is 29.0 Å². The summed E-state index contributed by atoms with van der Waals surface area (Å²) in [5, 5.41) is 0.611. The summed E-state index contributed by atoms with van der Waals surface area (Å²) in [6, 6.07) is 28.6. The van der Waals surface area contributed by atoms with Crippen molar-refractivity contribution in [3.8, 4) is 5.75 Å². The van der Waals surface area contributed by atoms with Crippen LogP contribution in [0.4, 0.5) is 5.69 Å². The summed E-state index contributed by atoms with van der Waals surface area (Å²) in [5.74, 6) is 0.531. The third-order valence-electron chi connectivity index (χ3n) is 6.25. The summed E-state index contributed by atoms with van der Waals surface area (Å²) in [6.07, 6.45) is 1.14. The predicted octanol–water partition coefficient (Wildman–Crippen LogP) is 5.93. The number of carbonyl (C=O) groups excluding carboxylic acids is 2. The molecule has 3 aromatic carbocycles. The monoisotopic (exact) mass is 484 g/mol. The van der Waals surface area contributed by atoms with Gasteiger partial charge in [0, 0.05) is 22.8 Å². The number of hydrogen-bond donors (Lipinski definition) is 0. The number of benzene rings is 3. The number of para-hydroxylation sites is 1. The first-order valence-corrected chi connectivity index (χ1v) is 12.0. The van der Waals surface area contributed by atoms with Gasteiger partial charge in [-0.3, -0.25) is 9.59 Å². The molecule has 1 amide bonds. The minimum Gasteiger partial charge on any atom is -0.484 e. The molecular formula is C29H25ClN2O3. The number of aryl methyl sites for hydroxylation is 1. The molecule has 0 fully saturated rings. The molecule has 35 heavy (non-hydrogen) atoms. The fraction of sp³-hybridized carbons (Fsp3) is 0.172. The topological polar surface area (TPSA) is 51.5 Å². The maximum absolute atomic E-state index is 13.3. The van der Waals surface area contributed by atoms with E-state index in [1.165, 1.54) is 0 Å². The lowest BCUT2D eigenvalue weighted by molar-refractivity contribution is -0.120. The van der Waals surface area contributed by atoms with Crippen LogP contribution in [0.25, 0.3) is 0 Å². The predicted molar refractivity (Wildman–Crippen MR) is 137 cm³/mol. The molecule has 6 heteroatoms. The summed E-state index contributed by atoms with van der Waals surface area (Å²) in [6.45, 7) is 0.804. The largest absolute Gasteiger partial charge is 0.484 e. The molecule has 1 aliphatic heterocycles. The molecule has 0 atom stereocenters. The van der Waals surface area contributed by atoms with E-state index in [2.05, 4.69) is 0 Å². The maximum atomic E-state index is 13.3. The number of amides is 1. The first-order chi connectivity index (χ1) is 17.1. The summed E-state index contributed by atoms with van der Waals surface area (Å²) in [4.78, 5) is 28.1. The molecule has 176 valence electrons. The molecule has 2 heterocycles. The number of ketones is 1. The van der Waals surface area contributed by atoms with Crippen molar-refractivity contribution < 1.29 is 14.3 Å². The minimum absolute atomic E-state index is 0.0977. The Balaban J connectivity index is 1.36. The lowest BCUT2D eigenvalue weighted by Gasteiger charge is -2.22. The molecule has 1 aromatic heterocycles. The highest BCUT2D eigenvalue weighted by Crippen LogP contribution is 2.30. The van der Waals surface area contributed by atoms with Gasteiger partial charge in [0.2, 0.25) is 0 Å². The van der Waals surface area contributed by atoms with Crippen LogP contribution in [0.5, 0.6) is 5.75 Å². The van der Waals surface area contributed by atoms with Crippen LogP contribution in [-0.4, -0.2) is 22.9 Å². The van der Waals surface area contributed by atoms with Gasteiger partial charge in [-0.1, -0.05) is 60.1 Å². The van der Waals surface area contributed by atoms with Gasteiger partial charge in [0.05, 0.1) is 18.8 Å². The fourth-order valence-electron chi connectivity index (χ4n) is 4.41. The minimum atomic E-state index is -0.154. The van der Waals surface area contributed by atoms with Crippen LogP contribution in [0.15, 0.2) is 91.0 Å². The van der Waals surface area contributed by atoms with Crippen molar-refractivity contribution in [2.45, 2.75) is 25.9 Å². The smallest absolute Gasteiger partial charge is 0.265 e. The van der Waals surface area contributed by atoms with Crippen LogP contribution in [0.2, 0.25) is 5.02 Å². The van der Waals surface area contributed by atoms with E-state index in [0.717, 1.165) is 22.5 Å². The first kappa shape index (κ1) is 22.9. The average Bonchev–Trinajstić information content (AvgIpc) is 3.20. The Morgan fingerprint density at radius 2 is 1.57 bits per heavy atom. The van der Waals surface area contributed by atoms with Gasteiger partial charge >= 0.3 is 0 Å². The number of ether oxygens (including phenoxy) is 1. The van der Waals surface area contributed by atoms with Gasteiger partial charge < -0.3 is 14.2 Å². The maximum Gasteiger partial charge on any atom is 0.265 e. The number of rotatable bonds is 7. The van der Waals surface area contributed by atoms with Gasteiger partial charge in [0.1, 0.15) is 5.75 Å². The number of anilines is 1. The van der Waals surface area contributed by atoms with E-state index in [0.29, 0.717) is 42.4 Å². The number of Topliss-reactive ketones (excluding diaryl/α,β-unsaturated/α-hetero) is 1. The van der Waals surface area contributed by atoms with E-state index in [1.807, 2.05) is 71.3 Å². The second kappa shape index (κ2) is 10.2. The zero-order valence-electron chi connectivity index (χ0n) is 19.2. The van der Waals surface area contributed by atoms with Gasteiger partial charge in [-0.05, 0) is 60.0 Å². The fourth-order valence-corrected chi connectivity index (χ4v) is 4.54. The number of halogens is 1. The highest BCUT2D eigenvalue weighted by atomic mass is 35.5. The third kappa shape index (κ3) is 5.15. The molecule has 0 aliphatic carbocycles. The number of aromatic nitrogens is 1. The molecule has 0 N–H and O–H groups in total. The Hall–Kier alpha value is -3.83. The van der Waals surface area contributed by atoms with E-state index >= 15 is 0 Å². The Labute approximate surface area is 209 Å². The summed E-state index contributed by atoms with van der Waals surface area (Å²) in [5.41, 5.74) is 4.57. The Morgan fingerprint density at radius 3 is 2.37 bits per heavy atom. The van der Waals surface area contributed by atoms with E-state index in [4.69, 9.17) is 16.3 Å². The van der Waals surface area contributed by atoms with Gasteiger partial charge in [0.15, 0.2) is 12.4 Å². The summed E-state index contributed by atoms with van der Waals surface area (Å²) >= 11 is 5.94. The van der Waals surface area contributed by atoms with E-state index < -0.39 is 0 Å². The first-order valence-electron chi connectivity index (χ1n) is 11.6. The zero-order chi connectivity index (χ0) is 24.2. The molecular weight excluding hydrogens is 460 g/mol. The standard InChI is InChI=1S/C29H25ClN2O3/c30-23-11-14-25(15-12-23)35-20-29(34)32-19-24-13-16-27(28(33)17-10-21-6-2-1-3-7-21)31(24)18-22-8-4-5-9-26(22)32/h1-9,11-16H,10,17-20H2. The van der Waals surface area contributed by atoms with E-state index in [1.54, 1.807) is 29.2 Å². The molecule has 0 bridgehead atoms. The van der Waals surface area contributed by atoms with Crippen molar-refractivity contribution in [2.75, 3.05) is 11.5 Å². The number of hydrogen-bond acceptors (Lipinski definition) is 3. The Morgan fingerprint density at radius 1 is 0.829 bits per heavy atom. The highest BCUT2D eigenvalue weighted by molar-refractivity contribution is 6.30.